The molecule has 0 atom stereocenters. The van der Waals surface area contributed by atoms with E-state index >= 15 is 13.2 Å². The third kappa shape index (κ3) is 7.23. The summed E-state index contributed by atoms with van der Waals surface area (Å²) < 4.78 is 219. The summed E-state index contributed by atoms with van der Waals surface area (Å²) in [5.41, 5.74) is -9.59. The van der Waals surface area contributed by atoms with Crippen molar-refractivity contribution in [3.8, 4) is 33.9 Å². The lowest BCUT2D eigenvalue weighted by Crippen LogP contribution is -2.16. The molecule has 3 aromatic heterocycles. The molecule has 18 heteroatoms. The lowest BCUT2D eigenvalue weighted by molar-refractivity contribution is -0.138. The Morgan fingerprint density at radius 2 is 0.641 bits per heavy atom. The standard InChI is InChI=1S/C46H22F15N3/c47-42(48,49)25-9-13-35-29(19-25)30-20-26(43(50,51)52)10-14-36(30)63(35)39-17-24(34-8-4-7-33(62-34)23-5-2-1-3-6-23)18-40(41(39)46(59,60)61)64-37-15-11-27(44(53,54)55)21-31(37)32-22-28(45(56,57)58)12-16-38(32)64/h1-22H. The van der Waals surface area contributed by atoms with Gasteiger partial charge in [-0.15, -0.1) is 0 Å². The van der Waals surface area contributed by atoms with Crippen molar-refractivity contribution >= 4 is 43.6 Å². The van der Waals surface area contributed by atoms with Gasteiger partial charge >= 0.3 is 30.9 Å². The van der Waals surface area contributed by atoms with Gasteiger partial charge in [-0.1, -0.05) is 36.4 Å². The van der Waals surface area contributed by atoms with Crippen LogP contribution < -0.4 is 0 Å². The van der Waals surface area contributed by atoms with Crippen molar-refractivity contribution in [2.75, 3.05) is 0 Å². The normalized spacial score (nSPS) is 13.2. The predicted molar refractivity (Wildman–Crippen MR) is 209 cm³/mol. The molecule has 0 bridgehead atoms. The highest BCUT2D eigenvalue weighted by Crippen LogP contribution is 2.48. The van der Waals surface area contributed by atoms with Gasteiger partial charge in [0.2, 0.25) is 0 Å². The Kier molecular flexibility index (Phi) is 9.44. The summed E-state index contributed by atoms with van der Waals surface area (Å²) in [5.74, 6) is 0. The summed E-state index contributed by atoms with van der Waals surface area (Å²) in [6.07, 6.45) is -25.7. The molecule has 6 aromatic carbocycles. The fraction of sp³-hybridized carbons (Fsp3) is 0.109. The third-order valence-electron chi connectivity index (χ3n) is 10.8. The lowest BCUT2D eigenvalue weighted by Gasteiger charge is -2.23. The van der Waals surface area contributed by atoms with E-state index < -0.39 is 114 Å². The quantitative estimate of drug-likeness (QED) is 0.161. The molecule has 64 heavy (non-hydrogen) atoms. The van der Waals surface area contributed by atoms with Gasteiger partial charge in [0.15, 0.2) is 0 Å². The zero-order valence-electron chi connectivity index (χ0n) is 31.7. The summed E-state index contributed by atoms with van der Waals surface area (Å²) in [5, 5.41) is -2.07. The van der Waals surface area contributed by atoms with E-state index in [0.717, 1.165) is 45.5 Å². The van der Waals surface area contributed by atoms with E-state index in [1.807, 2.05) is 0 Å². The van der Waals surface area contributed by atoms with Crippen molar-refractivity contribution in [3.63, 3.8) is 0 Å². The maximum Gasteiger partial charge on any atom is 0.420 e. The Labute approximate surface area is 349 Å². The van der Waals surface area contributed by atoms with Gasteiger partial charge in [0, 0.05) is 32.7 Å². The first-order valence-corrected chi connectivity index (χ1v) is 18.6. The second-order valence-corrected chi connectivity index (χ2v) is 14.8. The van der Waals surface area contributed by atoms with Crippen molar-refractivity contribution in [2.24, 2.45) is 0 Å². The number of fused-ring (bicyclic) bond motifs is 6. The van der Waals surface area contributed by atoms with Crippen LogP contribution in [0.5, 0.6) is 0 Å². The van der Waals surface area contributed by atoms with Gasteiger partial charge in [0.1, 0.15) is 5.56 Å². The van der Waals surface area contributed by atoms with Crippen molar-refractivity contribution in [3.05, 3.63) is 161 Å². The molecule has 0 saturated carbocycles. The number of hydrogen-bond acceptors (Lipinski definition) is 1. The largest absolute Gasteiger partial charge is 0.420 e. The van der Waals surface area contributed by atoms with E-state index in [1.54, 1.807) is 36.4 Å². The Morgan fingerprint density at radius 1 is 0.312 bits per heavy atom. The summed E-state index contributed by atoms with van der Waals surface area (Å²) in [6, 6.07) is 22.2. The van der Waals surface area contributed by atoms with E-state index in [0.29, 0.717) is 59.8 Å². The van der Waals surface area contributed by atoms with Crippen molar-refractivity contribution in [1.29, 1.82) is 0 Å². The molecule has 0 spiro atoms. The van der Waals surface area contributed by atoms with E-state index in [-0.39, 0.29) is 11.3 Å². The van der Waals surface area contributed by atoms with Gasteiger partial charge in [0.05, 0.1) is 67.1 Å². The van der Waals surface area contributed by atoms with Crippen LogP contribution in [0.1, 0.15) is 27.8 Å². The molecule has 0 aliphatic carbocycles. The summed E-state index contributed by atoms with van der Waals surface area (Å²) in [7, 11) is 0. The van der Waals surface area contributed by atoms with Crippen LogP contribution in [0.25, 0.3) is 77.5 Å². The Hall–Kier alpha value is -6.98. The highest BCUT2D eigenvalue weighted by atomic mass is 19.4. The van der Waals surface area contributed by atoms with Crippen LogP contribution in [0.15, 0.2) is 133 Å². The van der Waals surface area contributed by atoms with Crippen LogP contribution in [0.3, 0.4) is 0 Å². The summed E-state index contributed by atoms with van der Waals surface area (Å²) >= 11 is 0. The molecule has 9 rings (SSSR count). The van der Waals surface area contributed by atoms with Crippen LogP contribution in [-0.4, -0.2) is 14.1 Å². The van der Waals surface area contributed by atoms with Crippen LogP contribution in [0.2, 0.25) is 0 Å². The summed E-state index contributed by atoms with van der Waals surface area (Å²) in [6.45, 7) is 0. The maximum absolute atomic E-state index is 16.2. The third-order valence-corrected chi connectivity index (χ3v) is 10.8. The highest BCUT2D eigenvalue weighted by molar-refractivity contribution is 6.11. The minimum absolute atomic E-state index is 0.0171. The zero-order chi connectivity index (χ0) is 45.9. The molecule has 9 aromatic rings. The fourth-order valence-electron chi connectivity index (χ4n) is 8.04. The molecule has 0 saturated heterocycles. The number of nitrogens with zero attached hydrogens (tertiary/aromatic N) is 3. The molecule has 0 amide bonds. The maximum atomic E-state index is 16.2. The van der Waals surface area contributed by atoms with Gasteiger partial charge < -0.3 is 9.13 Å². The first-order valence-electron chi connectivity index (χ1n) is 18.6. The second-order valence-electron chi connectivity index (χ2n) is 14.8. The Balaban J connectivity index is 1.47. The van der Waals surface area contributed by atoms with Crippen molar-refractivity contribution in [2.45, 2.75) is 30.9 Å². The van der Waals surface area contributed by atoms with Crippen LogP contribution in [0, 0.1) is 0 Å². The molecule has 3 nitrogen and oxygen atoms in total. The highest BCUT2D eigenvalue weighted by Gasteiger charge is 2.41. The topological polar surface area (TPSA) is 22.8 Å². The average Bonchev–Trinajstić information content (AvgIpc) is 3.73. The molecule has 0 unspecified atom stereocenters. The number of halogens is 15. The molecule has 0 radical (unpaired) electrons. The molecule has 326 valence electrons. The number of hydrogen-bond donors (Lipinski definition) is 0. The molecule has 0 aliphatic rings. The second kappa shape index (κ2) is 14.3. The van der Waals surface area contributed by atoms with Crippen LogP contribution in [-0.2, 0) is 30.9 Å². The molecule has 0 fully saturated rings. The van der Waals surface area contributed by atoms with Crippen molar-refractivity contribution < 1.29 is 65.9 Å². The molecule has 0 N–H and O–H groups in total. The average molecular weight is 902 g/mol. The lowest BCUT2D eigenvalue weighted by atomic mass is 10.0. The Bertz CT molecular complexity index is 3000. The number of rotatable bonds is 4. The number of alkyl halides is 15. The van der Waals surface area contributed by atoms with Gasteiger partial charge in [-0.25, -0.2) is 4.98 Å². The zero-order valence-corrected chi connectivity index (χ0v) is 31.7. The smallest absolute Gasteiger partial charge is 0.309 e. The van der Waals surface area contributed by atoms with Gasteiger partial charge in [-0.2, -0.15) is 65.9 Å². The van der Waals surface area contributed by atoms with E-state index in [4.69, 9.17) is 0 Å². The monoisotopic (exact) mass is 901 g/mol. The Morgan fingerprint density at radius 3 is 0.953 bits per heavy atom. The number of benzene rings is 6. The number of aromatic nitrogens is 3. The van der Waals surface area contributed by atoms with Crippen LogP contribution >= 0.6 is 0 Å². The van der Waals surface area contributed by atoms with E-state index in [2.05, 4.69) is 4.98 Å². The van der Waals surface area contributed by atoms with Gasteiger partial charge in [-0.3, -0.25) is 0 Å². The fourth-order valence-corrected chi connectivity index (χ4v) is 8.04. The SMILES string of the molecule is FC(F)(F)c1ccc2c(c1)c1cc(C(F)(F)F)ccc1n2-c1cc(-c2cccc(-c3ccccc3)n2)cc(-n2c3ccc(C(F)(F)F)cc3c3cc(C(F)(F)F)ccc32)c1C(F)(F)F. The van der Waals surface area contributed by atoms with Crippen LogP contribution in [0.4, 0.5) is 65.9 Å². The number of pyridine rings is 1. The summed E-state index contributed by atoms with van der Waals surface area (Å²) in [4.78, 5) is 4.65. The van der Waals surface area contributed by atoms with E-state index in [1.165, 1.54) is 12.1 Å². The first-order chi connectivity index (χ1) is 29.9. The molecule has 3 heterocycles. The van der Waals surface area contributed by atoms with E-state index in [9.17, 15) is 52.7 Å². The van der Waals surface area contributed by atoms with Gasteiger partial charge in [-0.05, 0) is 97.1 Å². The minimum Gasteiger partial charge on any atom is -0.309 e. The first kappa shape index (κ1) is 42.3. The van der Waals surface area contributed by atoms with Crippen molar-refractivity contribution in [1.82, 2.24) is 14.1 Å². The minimum atomic E-state index is -5.50. The molecular weight excluding hydrogens is 879 g/mol. The van der Waals surface area contributed by atoms with Gasteiger partial charge in [0.25, 0.3) is 0 Å². The molecular formula is C46H22F15N3. The molecule has 0 aliphatic heterocycles. The predicted octanol–water partition coefficient (Wildman–Crippen LogP) is 15.7.